The summed E-state index contributed by atoms with van der Waals surface area (Å²) in [5.41, 5.74) is 6.92. The van der Waals surface area contributed by atoms with E-state index >= 15 is 0 Å². The highest BCUT2D eigenvalue weighted by atomic mass is 19.1. The number of amidine groups is 1. The maximum atomic E-state index is 12.7. The van der Waals surface area contributed by atoms with E-state index in [4.69, 9.17) is 5.73 Å². The van der Waals surface area contributed by atoms with E-state index in [2.05, 4.69) is 4.99 Å². The summed E-state index contributed by atoms with van der Waals surface area (Å²) >= 11 is 0. The van der Waals surface area contributed by atoms with Gasteiger partial charge in [-0.15, -0.1) is 0 Å². The summed E-state index contributed by atoms with van der Waals surface area (Å²) in [5, 5.41) is 0. The third kappa shape index (κ3) is 3.05. The molecule has 0 fully saturated rings. The molecule has 0 amide bonds. The second-order valence-electron chi connectivity index (χ2n) is 4.35. The van der Waals surface area contributed by atoms with Crippen molar-refractivity contribution in [1.29, 1.82) is 0 Å². The molecule has 0 radical (unpaired) electrons. The lowest BCUT2D eigenvalue weighted by Gasteiger charge is -2.10. The van der Waals surface area contributed by atoms with Gasteiger partial charge < -0.3 is 5.73 Å². The first kappa shape index (κ1) is 11.1. The Morgan fingerprint density at radius 1 is 1.25 bits per heavy atom. The van der Waals surface area contributed by atoms with Gasteiger partial charge in [-0.05, 0) is 37.0 Å². The zero-order valence-electron chi connectivity index (χ0n) is 9.32. The van der Waals surface area contributed by atoms with E-state index < -0.39 is 0 Å². The smallest absolute Gasteiger partial charge is 0.123 e. The minimum atomic E-state index is -0.187. The van der Waals surface area contributed by atoms with E-state index in [1.54, 1.807) is 0 Å². The van der Waals surface area contributed by atoms with Crippen molar-refractivity contribution in [2.24, 2.45) is 10.7 Å². The number of benzene rings is 1. The molecule has 1 atom stereocenters. The van der Waals surface area contributed by atoms with Crippen molar-refractivity contribution in [2.75, 3.05) is 0 Å². The minimum Gasteiger partial charge on any atom is -0.387 e. The lowest BCUT2D eigenvalue weighted by Crippen LogP contribution is -2.15. The first-order valence-corrected chi connectivity index (χ1v) is 5.80. The van der Waals surface area contributed by atoms with Gasteiger partial charge in [0.05, 0.1) is 11.9 Å². The molecule has 2 nitrogen and oxygen atoms in total. The molecule has 2 N–H and O–H groups in total. The summed E-state index contributed by atoms with van der Waals surface area (Å²) < 4.78 is 12.7. The van der Waals surface area contributed by atoms with Crippen LogP contribution in [-0.4, -0.2) is 11.9 Å². The highest BCUT2D eigenvalue weighted by Crippen LogP contribution is 2.16. The standard InChI is InChI=1S/C13H17FN2/c14-11-7-5-10(6-8-11)9-12-3-1-2-4-13(15)16-12/h5-8,12H,1-4,9H2,(H2,15,16). The Kier molecular flexibility index (Phi) is 3.54. The number of aliphatic imine (C=N–C) groups is 1. The van der Waals surface area contributed by atoms with E-state index in [0.717, 1.165) is 37.1 Å². The Hall–Kier alpha value is -1.38. The maximum absolute atomic E-state index is 12.7. The third-order valence-corrected chi connectivity index (χ3v) is 2.95. The number of nitrogens with two attached hydrogens (primary N) is 1. The van der Waals surface area contributed by atoms with E-state index in [9.17, 15) is 4.39 Å². The van der Waals surface area contributed by atoms with Crippen LogP contribution < -0.4 is 5.73 Å². The fraction of sp³-hybridized carbons (Fsp3) is 0.462. The fourth-order valence-corrected chi connectivity index (χ4v) is 2.09. The highest BCUT2D eigenvalue weighted by molar-refractivity contribution is 5.80. The summed E-state index contributed by atoms with van der Waals surface area (Å²) in [7, 11) is 0. The number of nitrogens with zero attached hydrogens (tertiary/aromatic N) is 1. The van der Waals surface area contributed by atoms with Crippen LogP contribution in [0.25, 0.3) is 0 Å². The van der Waals surface area contributed by atoms with Crippen molar-refractivity contribution in [3.8, 4) is 0 Å². The van der Waals surface area contributed by atoms with Gasteiger partial charge in [-0.3, -0.25) is 4.99 Å². The molecule has 16 heavy (non-hydrogen) atoms. The first-order chi connectivity index (χ1) is 7.74. The van der Waals surface area contributed by atoms with Gasteiger partial charge in [-0.25, -0.2) is 4.39 Å². The van der Waals surface area contributed by atoms with Crippen LogP contribution in [0.3, 0.4) is 0 Å². The van der Waals surface area contributed by atoms with Gasteiger partial charge in [-0.1, -0.05) is 18.6 Å². The second-order valence-corrected chi connectivity index (χ2v) is 4.35. The van der Waals surface area contributed by atoms with Gasteiger partial charge in [0.25, 0.3) is 0 Å². The van der Waals surface area contributed by atoms with Crippen molar-refractivity contribution >= 4 is 5.84 Å². The monoisotopic (exact) mass is 220 g/mol. The van der Waals surface area contributed by atoms with Crippen LogP contribution in [0.4, 0.5) is 4.39 Å². The molecule has 1 heterocycles. The van der Waals surface area contributed by atoms with Gasteiger partial charge >= 0.3 is 0 Å². The van der Waals surface area contributed by atoms with Gasteiger partial charge in [0, 0.05) is 6.42 Å². The summed E-state index contributed by atoms with van der Waals surface area (Å²) in [4.78, 5) is 4.49. The van der Waals surface area contributed by atoms with Gasteiger partial charge in [0.1, 0.15) is 5.82 Å². The predicted molar refractivity (Wildman–Crippen MR) is 64.0 cm³/mol. The average molecular weight is 220 g/mol. The van der Waals surface area contributed by atoms with E-state index in [1.807, 2.05) is 12.1 Å². The molecule has 0 aromatic heterocycles. The predicted octanol–water partition coefficient (Wildman–Crippen LogP) is 2.67. The molecule has 0 spiro atoms. The van der Waals surface area contributed by atoms with Crippen LogP contribution in [0.15, 0.2) is 29.3 Å². The van der Waals surface area contributed by atoms with E-state index in [-0.39, 0.29) is 11.9 Å². The van der Waals surface area contributed by atoms with Crippen molar-refractivity contribution in [3.63, 3.8) is 0 Å². The molecule has 0 bridgehead atoms. The van der Waals surface area contributed by atoms with Crippen molar-refractivity contribution in [2.45, 2.75) is 38.1 Å². The average Bonchev–Trinajstić information content (AvgIpc) is 2.46. The van der Waals surface area contributed by atoms with Crippen LogP contribution in [0.2, 0.25) is 0 Å². The topological polar surface area (TPSA) is 38.4 Å². The molecule has 0 saturated heterocycles. The molecule has 1 aliphatic rings. The van der Waals surface area contributed by atoms with Crippen LogP contribution in [-0.2, 0) is 6.42 Å². The zero-order chi connectivity index (χ0) is 11.4. The molecule has 1 aromatic rings. The van der Waals surface area contributed by atoms with Gasteiger partial charge in [0.2, 0.25) is 0 Å². The number of hydrogen-bond donors (Lipinski definition) is 1. The molecule has 1 aliphatic heterocycles. The molecule has 1 aromatic carbocycles. The van der Waals surface area contributed by atoms with Crippen LogP contribution in [0.1, 0.15) is 31.2 Å². The summed E-state index contributed by atoms with van der Waals surface area (Å²) in [6.07, 6.45) is 5.17. The maximum Gasteiger partial charge on any atom is 0.123 e. The quantitative estimate of drug-likeness (QED) is 0.817. The lowest BCUT2D eigenvalue weighted by molar-refractivity contribution is 0.585. The molecule has 3 heteroatoms. The number of hydrogen-bond acceptors (Lipinski definition) is 2. The summed E-state index contributed by atoms with van der Waals surface area (Å²) in [5.74, 6) is 0.581. The van der Waals surface area contributed by atoms with Crippen molar-refractivity contribution < 1.29 is 4.39 Å². The molecule has 1 unspecified atom stereocenters. The SMILES string of the molecule is NC1=NC(Cc2ccc(F)cc2)CCCC1. The van der Waals surface area contributed by atoms with Crippen LogP contribution in [0, 0.1) is 5.82 Å². The lowest BCUT2D eigenvalue weighted by atomic mass is 10.0. The Balaban J connectivity index is 2.03. The fourth-order valence-electron chi connectivity index (χ4n) is 2.09. The Morgan fingerprint density at radius 2 is 2.00 bits per heavy atom. The Bertz CT molecular complexity index is 370. The molecule has 2 rings (SSSR count). The normalized spacial score (nSPS) is 21.3. The number of halogens is 1. The molecule has 0 saturated carbocycles. The Labute approximate surface area is 95.4 Å². The second kappa shape index (κ2) is 5.10. The molecular formula is C13H17FN2. The van der Waals surface area contributed by atoms with E-state index in [1.165, 1.54) is 18.6 Å². The minimum absolute atomic E-state index is 0.187. The highest BCUT2D eigenvalue weighted by Gasteiger charge is 2.12. The summed E-state index contributed by atoms with van der Waals surface area (Å²) in [6.45, 7) is 0. The first-order valence-electron chi connectivity index (χ1n) is 5.80. The van der Waals surface area contributed by atoms with Crippen molar-refractivity contribution in [3.05, 3.63) is 35.6 Å². The molecular weight excluding hydrogens is 203 g/mol. The van der Waals surface area contributed by atoms with E-state index in [0.29, 0.717) is 0 Å². The van der Waals surface area contributed by atoms with Crippen LogP contribution in [0.5, 0.6) is 0 Å². The van der Waals surface area contributed by atoms with Gasteiger partial charge in [0.15, 0.2) is 0 Å². The molecule has 86 valence electrons. The Morgan fingerprint density at radius 3 is 2.75 bits per heavy atom. The summed E-state index contributed by atoms with van der Waals surface area (Å²) in [6, 6.07) is 6.92. The van der Waals surface area contributed by atoms with Gasteiger partial charge in [-0.2, -0.15) is 0 Å². The zero-order valence-corrected chi connectivity index (χ0v) is 9.32. The largest absolute Gasteiger partial charge is 0.387 e. The third-order valence-electron chi connectivity index (χ3n) is 2.95. The molecule has 0 aliphatic carbocycles. The number of rotatable bonds is 2. The van der Waals surface area contributed by atoms with Crippen molar-refractivity contribution in [1.82, 2.24) is 0 Å². The van der Waals surface area contributed by atoms with Crippen LogP contribution >= 0.6 is 0 Å².